The molecule has 0 unspecified atom stereocenters. The van der Waals surface area contributed by atoms with E-state index in [1.807, 2.05) is 0 Å². The fourth-order valence-corrected chi connectivity index (χ4v) is 4.11. The van der Waals surface area contributed by atoms with Crippen molar-refractivity contribution in [3.8, 4) is 0 Å². The Morgan fingerprint density at radius 3 is 2.72 bits per heavy atom. The molecule has 4 N–H and O–H groups in total. The predicted molar refractivity (Wildman–Crippen MR) is 155 cm³/mol. The minimum absolute atomic E-state index is 0.0649. The molecule has 1 aliphatic heterocycles. The van der Waals surface area contributed by atoms with Crippen LogP contribution in [0.2, 0.25) is 5.02 Å². The molecule has 1 atom stereocenters. The summed E-state index contributed by atoms with van der Waals surface area (Å²) < 4.78 is 11.8. The minimum Gasteiger partial charge on any atom is -0.444 e. The quantitative estimate of drug-likeness (QED) is 0.158. The number of aromatic nitrogens is 4. The third kappa shape index (κ3) is 7.12. The molecule has 2 aliphatic rings. The molecule has 43 heavy (non-hydrogen) atoms. The van der Waals surface area contributed by atoms with Gasteiger partial charge in [0.25, 0.3) is 5.91 Å². The van der Waals surface area contributed by atoms with Crippen molar-refractivity contribution >= 4 is 64.6 Å². The van der Waals surface area contributed by atoms with Gasteiger partial charge in [-0.25, -0.2) is 24.3 Å². The molecule has 1 aliphatic carbocycles. The normalized spacial score (nSPS) is 16.7. The molecule has 16 heteroatoms. The molecular formula is C27H30ClN9O6. The first-order valence-corrected chi connectivity index (χ1v) is 13.8. The van der Waals surface area contributed by atoms with Crippen molar-refractivity contribution in [2.45, 2.75) is 58.2 Å². The highest BCUT2D eigenvalue weighted by molar-refractivity contribution is 6.33. The van der Waals surface area contributed by atoms with Gasteiger partial charge in [0.2, 0.25) is 0 Å². The number of pyridine rings is 1. The Hall–Kier alpha value is -4.92. The highest BCUT2D eigenvalue weighted by Gasteiger charge is 2.35. The molecule has 1 saturated carbocycles. The fourth-order valence-electron chi connectivity index (χ4n) is 3.94. The first-order valence-electron chi connectivity index (χ1n) is 13.4. The van der Waals surface area contributed by atoms with Gasteiger partial charge in [0.1, 0.15) is 29.0 Å². The zero-order chi connectivity index (χ0) is 30.9. The topological polar surface area (TPSA) is 181 Å². The maximum atomic E-state index is 13.1. The van der Waals surface area contributed by atoms with Crippen LogP contribution in [0.3, 0.4) is 0 Å². The van der Waals surface area contributed by atoms with Crippen LogP contribution in [0.4, 0.5) is 26.9 Å². The van der Waals surface area contributed by atoms with E-state index in [0.29, 0.717) is 39.6 Å². The summed E-state index contributed by atoms with van der Waals surface area (Å²) >= 11 is 6.27. The summed E-state index contributed by atoms with van der Waals surface area (Å²) in [6.07, 6.45) is 7.31. The number of nitrogens with one attached hydrogen (secondary N) is 4. The molecule has 0 bridgehead atoms. The molecule has 226 valence electrons. The van der Waals surface area contributed by atoms with Crippen LogP contribution in [-0.2, 0) is 19.1 Å². The van der Waals surface area contributed by atoms with Gasteiger partial charge in [-0.05, 0) is 52.7 Å². The maximum absolute atomic E-state index is 13.1. The summed E-state index contributed by atoms with van der Waals surface area (Å²) in [6, 6.07) is 1.95. The SMILES string of the molecule is C[C@H](NC(=O)OC(C)(C)C)C(=O)OCN1C(=O)N/C(=C\c2cnn3c(NC4CC4)cc(Nc4ccncc4Cl)nc23)C1=O. The van der Waals surface area contributed by atoms with Gasteiger partial charge in [-0.2, -0.15) is 9.61 Å². The number of hydrogen-bond donors (Lipinski definition) is 4. The van der Waals surface area contributed by atoms with Gasteiger partial charge < -0.3 is 30.7 Å². The standard InChI is InChI=1S/C27H30ClN9O6/c1-14(31-26(41)43-27(2,3)4)24(39)42-13-36-23(38)19(34-25(36)40)9-15-11-30-37-21(32-16-5-6-16)10-20(35-22(15)37)33-18-7-8-29-12-17(18)28/h7-12,14,16,32H,5-6,13H2,1-4H3,(H,31,41)(H,34,40)(H,29,33,35)/b19-9-/t14-/m0/s1. The molecule has 0 radical (unpaired) electrons. The Balaban J connectivity index is 1.32. The second-order valence-electron chi connectivity index (χ2n) is 10.9. The largest absolute Gasteiger partial charge is 0.444 e. The fraction of sp³-hybridized carbons (Fsp3) is 0.370. The first kappa shape index (κ1) is 29.6. The lowest BCUT2D eigenvalue weighted by Gasteiger charge is -2.21. The summed E-state index contributed by atoms with van der Waals surface area (Å²) in [6.45, 7) is 5.77. The van der Waals surface area contributed by atoms with Crippen LogP contribution < -0.4 is 21.3 Å². The van der Waals surface area contributed by atoms with Crippen molar-refractivity contribution < 1.29 is 28.7 Å². The first-order chi connectivity index (χ1) is 20.4. The van der Waals surface area contributed by atoms with E-state index in [9.17, 15) is 19.2 Å². The highest BCUT2D eigenvalue weighted by atomic mass is 35.5. The number of alkyl carbamates (subject to hydrolysis) is 1. The highest BCUT2D eigenvalue weighted by Crippen LogP contribution is 2.30. The average Bonchev–Trinajstić information content (AvgIpc) is 3.59. The maximum Gasteiger partial charge on any atom is 0.408 e. The van der Waals surface area contributed by atoms with E-state index in [2.05, 4.69) is 36.3 Å². The summed E-state index contributed by atoms with van der Waals surface area (Å²) in [5.74, 6) is -0.442. The Kier molecular flexibility index (Phi) is 8.08. The van der Waals surface area contributed by atoms with Gasteiger partial charge in [0, 0.05) is 30.1 Å². The van der Waals surface area contributed by atoms with Crippen molar-refractivity contribution in [2.24, 2.45) is 0 Å². The minimum atomic E-state index is -1.08. The average molecular weight is 612 g/mol. The van der Waals surface area contributed by atoms with Gasteiger partial charge in [0.05, 0.1) is 16.9 Å². The van der Waals surface area contributed by atoms with E-state index < -0.39 is 42.4 Å². The molecule has 5 rings (SSSR count). The van der Waals surface area contributed by atoms with Crippen LogP contribution in [0.5, 0.6) is 0 Å². The molecule has 2 fully saturated rings. The Morgan fingerprint density at radius 2 is 2.02 bits per heavy atom. The zero-order valence-corrected chi connectivity index (χ0v) is 24.6. The van der Waals surface area contributed by atoms with E-state index in [4.69, 9.17) is 21.1 Å². The van der Waals surface area contributed by atoms with Crippen molar-refractivity contribution in [3.05, 3.63) is 47.0 Å². The number of rotatable bonds is 9. The Labute approximate surface area is 251 Å². The number of urea groups is 1. The van der Waals surface area contributed by atoms with Crippen molar-refractivity contribution in [3.63, 3.8) is 0 Å². The number of amides is 4. The Bertz CT molecular complexity index is 1630. The Morgan fingerprint density at radius 1 is 1.26 bits per heavy atom. The lowest BCUT2D eigenvalue weighted by atomic mass is 10.2. The van der Waals surface area contributed by atoms with Crippen molar-refractivity contribution in [2.75, 3.05) is 17.4 Å². The summed E-state index contributed by atoms with van der Waals surface area (Å²) in [7, 11) is 0. The molecule has 1 saturated heterocycles. The number of esters is 1. The number of carbonyl (C=O) groups is 4. The zero-order valence-electron chi connectivity index (χ0n) is 23.8. The molecule has 15 nitrogen and oxygen atoms in total. The molecule has 0 spiro atoms. The number of ether oxygens (including phenoxy) is 2. The second-order valence-corrected chi connectivity index (χ2v) is 11.4. The summed E-state index contributed by atoms with van der Waals surface area (Å²) in [5, 5.41) is 16.3. The van der Waals surface area contributed by atoms with Crippen LogP contribution in [0.15, 0.2) is 36.4 Å². The van der Waals surface area contributed by atoms with Crippen LogP contribution in [0, 0.1) is 0 Å². The van der Waals surface area contributed by atoms with E-state index in [1.54, 1.807) is 43.6 Å². The third-order valence-electron chi connectivity index (χ3n) is 6.15. The lowest BCUT2D eigenvalue weighted by Crippen LogP contribution is -2.44. The lowest BCUT2D eigenvalue weighted by molar-refractivity contribution is -0.150. The molecule has 3 aromatic heterocycles. The molecule has 4 amide bonds. The van der Waals surface area contributed by atoms with Crippen LogP contribution in [0.1, 0.15) is 46.1 Å². The summed E-state index contributed by atoms with van der Waals surface area (Å²) in [5.41, 5.74) is 0.628. The number of imide groups is 1. The van der Waals surface area contributed by atoms with E-state index in [-0.39, 0.29) is 5.70 Å². The van der Waals surface area contributed by atoms with Crippen LogP contribution in [0.25, 0.3) is 11.7 Å². The van der Waals surface area contributed by atoms with E-state index >= 15 is 0 Å². The molecule has 3 aromatic rings. The predicted octanol–water partition coefficient (Wildman–Crippen LogP) is 3.40. The molecular weight excluding hydrogens is 582 g/mol. The second kappa shape index (κ2) is 11.8. The number of halogens is 1. The number of anilines is 3. The van der Waals surface area contributed by atoms with Gasteiger partial charge in [-0.3, -0.25) is 9.78 Å². The third-order valence-corrected chi connectivity index (χ3v) is 6.45. The van der Waals surface area contributed by atoms with Gasteiger partial charge in [-0.1, -0.05) is 11.6 Å². The van der Waals surface area contributed by atoms with E-state index in [0.717, 1.165) is 17.7 Å². The number of hydrogen-bond acceptors (Lipinski definition) is 11. The monoisotopic (exact) mass is 611 g/mol. The number of fused-ring (bicyclic) bond motifs is 1. The van der Waals surface area contributed by atoms with Crippen LogP contribution in [-0.4, -0.2) is 72.9 Å². The van der Waals surface area contributed by atoms with Crippen molar-refractivity contribution in [1.82, 2.24) is 35.1 Å². The van der Waals surface area contributed by atoms with Gasteiger partial charge >= 0.3 is 18.1 Å². The molecule has 4 heterocycles. The van der Waals surface area contributed by atoms with Gasteiger partial charge in [-0.15, -0.1) is 0 Å². The molecule has 0 aromatic carbocycles. The smallest absolute Gasteiger partial charge is 0.408 e. The number of carbonyl (C=O) groups excluding carboxylic acids is 4. The van der Waals surface area contributed by atoms with Crippen LogP contribution >= 0.6 is 11.6 Å². The van der Waals surface area contributed by atoms with Gasteiger partial charge in [0.15, 0.2) is 12.4 Å². The van der Waals surface area contributed by atoms with E-state index in [1.165, 1.54) is 25.4 Å². The summed E-state index contributed by atoms with van der Waals surface area (Å²) in [4.78, 5) is 59.3. The number of nitrogens with zero attached hydrogens (tertiary/aromatic N) is 5. The van der Waals surface area contributed by atoms with Crippen molar-refractivity contribution in [1.29, 1.82) is 0 Å².